The van der Waals surface area contributed by atoms with Gasteiger partial charge in [-0.2, -0.15) is 0 Å². The van der Waals surface area contributed by atoms with E-state index in [1.807, 2.05) is 58.9 Å². The third-order valence-electron chi connectivity index (χ3n) is 2.74. The number of carbonyl (C=O) groups excluding carboxylic acids is 1. The van der Waals surface area contributed by atoms with Crippen molar-refractivity contribution < 1.29 is 9.53 Å². The first kappa shape index (κ1) is 15.2. The average molecular weight is 313 g/mol. The summed E-state index contributed by atoms with van der Waals surface area (Å²) in [6.45, 7) is 9.44. The lowest BCUT2D eigenvalue weighted by Crippen LogP contribution is -2.36. The van der Waals surface area contributed by atoms with Crippen LogP contribution >= 0.6 is 15.9 Å². The van der Waals surface area contributed by atoms with Crippen molar-refractivity contribution in [3.63, 3.8) is 0 Å². The lowest BCUT2D eigenvalue weighted by Gasteiger charge is -2.28. The Morgan fingerprint density at radius 1 is 1.11 bits per heavy atom. The van der Waals surface area contributed by atoms with Gasteiger partial charge in [0.2, 0.25) is 0 Å². The maximum Gasteiger partial charge on any atom is 0.316 e. The number of ether oxygens (including phenoxy) is 1. The van der Waals surface area contributed by atoms with E-state index in [2.05, 4.69) is 15.9 Å². The molecule has 1 aromatic rings. The lowest BCUT2D eigenvalue weighted by molar-refractivity contribution is -0.160. The van der Waals surface area contributed by atoms with E-state index in [9.17, 15) is 4.79 Å². The molecule has 0 bridgehead atoms. The molecule has 0 aliphatic rings. The maximum atomic E-state index is 12.2. The van der Waals surface area contributed by atoms with Crippen LogP contribution in [-0.4, -0.2) is 11.6 Å². The van der Waals surface area contributed by atoms with Crippen LogP contribution in [0.4, 0.5) is 0 Å². The third-order valence-corrected chi connectivity index (χ3v) is 3.39. The summed E-state index contributed by atoms with van der Waals surface area (Å²) in [5.74, 6) is -0.193. The average Bonchev–Trinajstić information content (AvgIpc) is 2.27. The van der Waals surface area contributed by atoms with Gasteiger partial charge in [0.05, 0.1) is 5.41 Å². The van der Waals surface area contributed by atoms with Crippen molar-refractivity contribution in [1.82, 2.24) is 0 Å². The molecule has 0 N–H and O–H groups in total. The molecule has 0 saturated carbocycles. The van der Waals surface area contributed by atoms with Gasteiger partial charge in [0.15, 0.2) is 0 Å². The van der Waals surface area contributed by atoms with Crippen molar-refractivity contribution in [2.24, 2.45) is 0 Å². The first-order chi connectivity index (χ1) is 8.16. The van der Waals surface area contributed by atoms with Crippen LogP contribution in [0.25, 0.3) is 0 Å². The van der Waals surface area contributed by atoms with Crippen molar-refractivity contribution >= 4 is 21.9 Å². The van der Waals surface area contributed by atoms with Crippen molar-refractivity contribution in [1.29, 1.82) is 0 Å². The molecule has 0 amide bonds. The molecule has 0 saturated heterocycles. The highest BCUT2D eigenvalue weighted by molar-refractivity contribution is 9.08. The molecule has 0 atom stereocenters. The van der Waals surface area contributed by atoms with Crippen molar-refractivity contribution in [2.75, 3.05) is 0 Å². The fourth-order valence-electron chi connectivity index (χ4n) is 1.53. The molecule has 18 heavy (non-hydrogen) atoms. The molecule has 0 fully saturated rings. The SMILES string of the molecule is CC(C)(C)OC(=O)C(C)(C)c1ccc(CBr)cc1. The molecular formula is C15H21BrO2. The molecule has 0 aromatic heterocycles. The largest absolute Gasteiger partial charge is 0.459 e. The van der Waals surface area contributed by atoms with E-state index in [4.69, 9.17) is 4.74 Å². The summed E-state index contributed by atoms with van der Waals surface area (Å²) in [7, 11) is 0. The maximum absolute atomic E-state index is 12.2. The number of halogens is 1. The molecule has 0 aliphatic carbocycles. The second-order valence-electron chi connectivity index (χ2n) is 5.96. The highest BCUT2D eigenvalue weighted by Crippen LogP contribution is 2.27. The Morgan fingerprint density at radius 3 is 2.00 bits per heavy atom. The number of hydrogen-bond acceptors (Lipinski definition) is 2. The standard InChI is InChI=1S/C15H21BrO2/c1-14(2,3)18-13(17)15(4,5)12-8-6-11(10-16)7-9-12/h6-9H,10H2,1-5H3. The monoisotopic (exact) mass is 312 g/mol. The molecule has 100 valence electrons. The number of esters is 1. The van der Waals surface area contributed by atoms with Gasteiger partial charge in [-0.3, -0.25) is 4.79 Å². The van der Waals surface area contributed by atoms with Gasteiger partial charge in [-0.25, -0.2) is 0 Å². The first-order valence-corrected chi connectivity index (χ1v) is 7.18. The van der Waals surface area contributed by atoms with Gasteiger partial charge >= 0.3 is 5.97 Å². The fraction of sp³-hybridized carbons (Fsp3) is 0.533. The van der Waals surface area contributed by atoms with Crippen LogP contribution in [0.3, 0.4) is 0 Å². The highest BCUT2D eigenvalue weighted by Gasteiger charge is 2.34. The summed E-state index contributed by atoms with van der Waals surface area (Å²) >= 11 is 3.41. The molecule has 2 nitrogen and oxygen atoms in total. The predicted octanol–water partition coefficient (Wildman–Crippen LogP) is 4.20. The van der Waals surface area contributed by atoms with Crippen molar-refractivity contribution in [3.8, 4) is 0 Å². The fourth-order valence-corrected chi connectivity index (χ4v) is 1.91. The second kappa shape index (κ2) is 5.43. The van der Waals surface area contributed by atoms with E-state index in [0.29, 0.717) is 0 Å². The van der Waals surface area contributed by atoms with E-state index in [-0.39, 0.29) is 5.97 Å². The number of benzene rings is 1. The Morgan fingerprint density at radius 2 is 1.61 bits per heavy atom. The Balaban J connectivity index is 2.94. The smallest absolute Gasteiger partial charge is 0.316 e. The second-order valence-corrected chi connectivity index (χ2v) is 6.52. The van der Waals surface area contributed by atoms with Crippen LogP contribution in [0.1, 0.15) is 45.7 Å². The van der Waals surface area contributed by atoms with E-state index >= 15 is 0 Å². The van der Waals surface area contributed by atoms with Gasteiger partial charge in [0.25, 0.3) is 0 Å². The number of carbonyl (C=O) groups is 1. The summed E-state index contributed by atoms with van der Waals surface area (Å²) in [6, 6.07) is 8.02. The van der Waals surface area contributed by atoms with Crippen LogP contribution in [0.5, 0.6) is 0 Å². The quantitative estimate of drug-likeness (QED) is 0.617. The van der Waals surface area contributed by atoms with Crippen LogP contribution in [0.15, 0.2) is 24.3 Å². The predicted molar refractivity (Wildman–Crippen MR) is 77.9 cm³/mol. The molecule has 0 unspecified atom stereocenters. The molecule has 0 heterocycles. The molecule has 1 aromatic carbocycles. The first-order valence-electron chi connectivity index (χ1n) is 6.05. The molecule has 0 spiro atoms. The number of rotatable bonds is 3. The zero-order valence-corrected chi connectivity index (χ0v) is 13.3. The van der Waals surface area contributed by atoms with E-state index in [1.165, 1.54) is 5.56 Å². The Hall–Kier alpha value is -0.830. The van der Waals surface area contributed by atoms with E-state index < -0.39 is 11.0 Å². The number of alkyl halides is 1. The van der Waals surface area contributed by atoms with Gasteiger partial charge < -0.3 is 4.74 Å². The van der Waals surface area contributed by atoms with Crippen molar-refractivity contribution in [2.45, 2.75) is 51.0 Å². The summed E-state index contributed by atoms with van der Waals surface area (Å²) in [6.07, 6.45) is 0. The van der Waals surface area contributed by atoms with Gasteiger partial charge in [-0.15, -0.1) is 0 Å². The summed E-state index contributed by atoms with van der Waals surface area (Å²) in [5, 5.41) is 0.820. The van der Waals surface area contributed by atoms with E-state index in [0.717, 1.165) is 10.9 Å². The minimum atomic E-state index is -0.627. The molecule has 3 heteroatoms. The number of hydrogen-bond donors (Lipinski definition) is 0. The van der Waals surface area contributed by atoms with Gasteiger partial charge in [0.1, 0.15) is 5.60 Å². The van der Waals surface area contributed by atoms with Crippen LogP contribution in [-0.2, 0) is 20.3 Å². The van der Waals surface area contributed by atoms with Crippen LogP contribution in [0.2, 0.25) is 0 Å². The Labute approximate surface area is 118 Å². The normalized spacial score (nSPS) is 12.3. The van der Waals surface area contributed by atoms with Gasteiger partial charge in [-0.1, -0.05) is 40.2 Å². The summed E-state index contributed by atoms with van der Waals surface area (Å²) < 4.78 is 5.47. The Kier molecular flexibility index (Phi) is 4.60. The van der Waals surface area contributed by atoms with Gasteiger partial charge in [0, 0.05) is 5.33 Å². The minimum Gasteiger partial charge on any atom is -0.459 e. The summed E-state index contributed by atoms with van der Waals surface area (Å²) in [4.78, 5) is 12.2. The van der Waals surface area contributed by atoms with Crippen LogP contribution in [0, 0.1) is 0 Å². The molecule has 0 aliphatic heterocycles. The van der Waals surface area contributed by atoms with Gasteiger partial charge in [-0.05, 0) is 45.7 Å². The zero-order chi connectivity index (χ0) is 14.0. The van der Waals surface area contributed by atoms with Crippen LogP contribution < -0.4 is 0 Å². The zero-order valence-electron chi connectivity index (χ0n) is 11.7. The summed E-state index contributed by atoms with van der Waals surface area (Å²) in [5.41, 5.74) is 1.09. The van der Waals surface area contributed by atoms with E-state index in [1.54, 1.807) is 0 Å². The van der Waals surface area contributed by atoms with Crippen molar-refractivity contribution in [3.05, 3.63) is 35.4 Å². The minimum absolute atomic E-state index is 0.193. The Bertz CT molecular complexity index is 413. The lowest BCUT2D eigenvalue weighted by atomic mass is 9.84. The molecular weight excluding hydrogens is 292 g/mol. The topological polar surface area (TPSA) is 26.3 Å². The molecule has 0 radical (unpaired) electrons. The highest BCUT2D eigenvalue weighted by atomic mass is 79.9. The molecule has 1 rings (SSSR count). The third kappa shape index (κ3) is 3.84.